The molecule has 1 aliphatic carbocycles. The number of para-hydroxylation sites is 3. The summed E-state index contributed by atoms with van der Waals surface area (Å²) in [7, 11) is 0. The maximum atomic E-state index is 13.2. The van der Waals surface area contributed by atoms with Gasteiger partial charge in [-0.05, 0) is 37.1 Å². The lowest BCUT2D eigenvalue weighted by Crippen LogP contribution is -2.47. The van der Waals surface area contributed by atoms with Gasteiger partial charge in [0.2, 0.25) is 11.8 Å². The van der Waals surface area contributed by atoms with E-state index in [1.807, 2.05) is 30.3 Å². The molecule has 3 aromatic rings. The number of nitrogens with one attached hydrogen (secondary N) is 1. The van der Waals surface area contributed by atoms with Gasteiger partial charge in [-0.15, -0.1) is 0 Å². The van der Waals surface area contributed by atoms with Crippen LogP contribution in [-0.4, -0.2) is 46.0 Å². The molecule has 8 nitrogen and oxygen atoms in total. The van der Waals surface area contributed by atoms with Gasteiger partial charge in [0.05, 0.1) is 12.1 Å². The molecule has 1 N–H and O–H groups in total. The fourth-order valence-corrected chi connectivity index (χ4v) is 4.01. The number of likely N-dealkylation sites (tertiary alicyclic amines) is 1. The predicted molar refractivity (Wildman–Crippen MR) is 113 cm³/mol. The van der Waals surface area contributed by atoms with Crippen molar-refractivity contribution in [2.75, 3.05) is 6.54 Å². The van der Waals surface area contributed by atoms with E-state index >= 15 is 0 Å². The molecule has 5 rings (SSSR count). The fourth-order valence-electron chi connectivity index (χ4n) is 4.01. The molecular weight excluding hydrogens is 398 g/mol. The lowest BCUT2D eigenvalue weighted by molar-refractivity contribution is -0.139. The zero-order chi connectivity index (χ0) is 21.4. The summed E-state index contributed by atoms with van der Waals surface area (Å²) in [5.41, 5.74) is 0.978. The van der Waals surface area contributed by atoms with Gasteiger partial charge in [0.15, 0.2) is 5.58 Å². The molecule has 1 aromatic heterocycles. The number of benzene rings is 2. The zero-order valence-corrected chi connectivity index (χ0v) is 16.9. The lowest BCUT2D eigenvalue weighted by atomic mass is 10.1. The summed E-state index contributed by atoms with van der Waals surface area (Å²) in [5.74, 6) is -0.381. The van der Waals surface area contributed by atoms with Gasteiger partial charge in [-0.1, -0.05) is 30.3 Å². The molecule has 0 unspecified atom stereocenters. The maximum Gasteiger partial charge on any atom is 0.420 e. The van der Waals surface area contributed by atoms with Crippen LogP contribution in [0.2, 0.25) is 0 Å². The SMILES string of the molecule is O=C(NC1CC1)[C@@H]1C[C@H](Oc2ccccc2)CN1C(=O)Cn1c(=O)oc2ccccc21. The van der Waals surface area contributed by atoms with Crippen molar-refractivity contribution in [1.29, 1.82) is 0 Å². The van der Waals surface area contributed by atoms with E-state index in [0.717, 1.165) is 12.8 Å². The van der Waals surface area contributed by atoms with Crippen molar-refractivity contribution in [1.82, 2.24) is 14.8 Å². The Bertz CT molecular complexity index is 1160. The highest BCUT2D eigenvalue weighted by Gasteiger charge is 2.42. The first-order valence-electron chi connectivity index (χ1n) is 10.5. The summed E-state index contributed by atoms with van der Waals surface area (Å²) < 4.78 is 12.6. The highest BCUT2D eigenvalue weighted by atomic mass is 16.5. The second-order valence-electron chi connectivity index (χ2n) is 8.06. The molecule has 0 radical (unpaired) electrons. The Balaban J connectivity index is 1.37. The van der Waals surface area contributed by atoms with Gasteiger partial charge in [-0.25, -0.2) is 4.79 Å². The van der Waals surface area contributed by atoms with Crippen molar-refractivity contribution in [3.63, 3.8) is 0 Å². The maximum absolute atomic E-state index is 13.2. The third-order valence-electron chi connectivity index (χ3n) is 5.72. The van der Waals surface area contributed by atoms with Crippen LogP contribution in [0.15, 0.2) is 63.8 Å². The average Bonchev–Trinajstić information content (AvgIpc) is 3.39. The number of ether oxygens (including phenoxy) is 1. The average molecular weight is 421 g/mol. The number of oxazole rings is 1. The molecule has 2 aliphatic rings. The first kappa shape index (κ1) is 19.4. The number of amides is 2. The van der Waals surface area contributed by atoms with Gasteiger partial charge in [0, 0.05) is 12.5 Å². The molecule has 1 saturated carbocycles. The molecule has 8 heteroatoms. The summed E-state index contributed by atoms with van der Waals surface area (Å²) in [6, 6.07) is 15.9. The van der Waals surface area contributed by atoms with Gasteiger partial charge in [-0.2, -0.15) is 0 Å². The molecule has 1 aliphatic heterocycles. The van der Waals surface area contributed by atoms with Crippen LogP contribution in [0.3, 0.4) is 0 Å². The molecule has 2 fully saturated rings. The molecule has 2 aromatic carbocycles. The third kappa shape index (κ3) is 4.05. The quantitative estimate of drug-likeness (QED) is 0.656. The largest absolute Gasteiger partial charge is 0.488 e. The molecular formula is C23H23N3O5. The number of carbonyl (C=O) groups excluding carboxylic acids is 2. The summed E-state index contributed by atoms with van der Waals surface area (Å²) in [5, 5.41) is 2.99. The van der Waals surface area contributed by atoms with Crippen molar-refractivity contribution >= 4 is 22.9 Å². The molecule has 1 saturated heterocycles. The van der Waals surface area contributed by atoms with Crippen LogP contribution in [0, 0.1) is 0 Å². The minimum Gasteiger partial charge on any atom is -0.488 e. The van der Waals surface area contributed by atoms with E-state index in [2.05, 4.69) is 5.32 Å². The van der Waals surface area contributed by atoms with Crippen molar-refractivity contribution in [2.45, 2.75) is 44.0 Å². The van der Waals surface area contributed by atoms with E-state index in [4.69, 9.17) is 9.15 Å². The van der Waals surface area contributed by atoms with E-state index in [9.17, 15) is 14.4 Å². The van der Waals surface area contributed by atoms with Crippen molar-refractivity contribution in [2.24, 2.45) is 0 Å². The second kappa shape index (κ2) is 7.94. The number of carbonyl (C=O) groups is 2. The Hall–Kier alpha value is -3.55. The van der Waals surface area contributed by atoms with Crippen LogP contribution in [-0.2, 0) is 16.1 Å². The Morgan fingerprint density at radius 3 is 2.58 bits per heavy atom. The summed E-state index contributed by atoms with van der Waals surface area (Å²) >= 11 is 0. The monoisotopic (exact) mass is 421 g/mol. The number of fused-ring (bicyclic) bond motifs is 1. The minimum absolute atomic E-state index is 0.167. The smallest absolute Gasteiger partial charge is 0.420 e. The Morgan fingerprint density at radius 2 is 1.81 bits per heavy atom. The molecule has 2 heterocycles. The first-order chi connectivity index (χ1) is 15.1. The Morgan fingerprint density at radius 1 is 1.06 bits per heavy atom. The van der Waals surface area contributed by atoms with Gasteiger partial charge >= 0.3 is 5.76 Å². The van der Waals surface area contributed by atoms with E-state index in [0.29, 0.717) is 23.3 Å². The highest BCUT2D eigenvalue weighted by Crippen LogP contribution is 2.26. The van der Waals surface area contributed by atoms with Crippen molar-refractivity contribution in [3.8, 4) is 5.75 Å². The molecule has 31 heavy (non-hydrogen) atoms. The third-order valence-corrected chi connectivity index (χ3v) is 5.72. The lowest BCUT2D eigenvalue weighted by Gasteiger charge is -2.23. The van der Waals surface area contributed by atoms with Crippen molar-refractivity contribution in [3.05, 3.63) is 65.1 Å². The van der Waals surface area contributed by atoms with E-state index in [1.165, 1.54) is 9.47 Å². The van der Waals surface area contributed by atoms with Crippen molar-refractivity contribution < 1.29 is 18.7 Å². The predicted octanol–water partition coefficient (Wildman–Crippen LogP) is 1.92. The summed E-state index contributed by atoms with van der Waals surface area (Å²) in [6.07, 6.45) is 2.03. The van der Waals surface area contributed by atoms with Crippen LogP contribution >= 0.6 is 0 Å². The number of hydrogen-bond acceptors (Lipinski definition) is 5. The number of nitrogens with zero attached hydrogens (tertiary/aromatic N) is 2. The van der Waals surface area contributed by atoms with E-state index in [-0.39, 0.29) is 37.0 Å². The fraction of sp³-hybridized carbons (Fsp3) is 0.348. The standard InChI is InChI=1S/C23H23N3O5/c27-21(14-26-18-8-4-5-9-20(18)31-23(26)29)25-13-17(30-16-6-2-1-3-7-16)12-19(25)22(28)24-15-10-11-15/h1-9,15,17,19H,10-14H2,(H,24,28)/t17-,19-/m0/s1. The molecule has 2 amide bonds. The van der Waals surface area contributed by atoms with Crippen LogP contribution < -0.4 is 15.8 Å². The minimum atomic E-state index is -0.629. The zero-order valence-electron chi connectivity index (χ0n) is 16.9. The Labute approximate surface area is 178 Å². The van der Waals surface area contributed by atoms with Gasteiger partial charge in [-0.3, -0.25) is 14.2 Å². The van der Waals surface area contributed by atoms with Crippen LogP contribution in [0.4, 0.5) is 0 Å². The molecule has 0 spiro atoms. The normalized spacial score (nSPS) is 20.7. The Kier molecular flexibility index (Phi) is 4.97. The molecule has 2 atom stereocenters. The van der Waals surface area contributed by atoms with Crippen LogP contribution in [0.1, 0.15) is 19.3 Å². The van der Waals surface area contributed by atoms with Crippen LogP contribution in [0.5, 0.6) is 5.75 Å². The molecule has 160 valence electrons. The number of hydrogen-bond donors (Lipinski definition) is 1. The second-order valence-corrected chi connectivity index (χ2v) is 8.06. The van der Waals surface area contributed by atoms with E-state index < -0.39 is 11.8 Å². The van der Waals surface area contributed by atoms with Gasteiger partial charge in [0.25, 0.3) is 0 Å². The molecule has 0 bridgehead atoms. The highest BCUT2D eigenvalue weighted by molar-refractivity contribution is 5.89. The topological polar surface area (TPSA) is 93.8 Å². The van der Waals surface area contributed by atoms with Gasteiger partial charge in [0.1, 0.15) is 24.4 Å². The summed E-state index contributed by atoms with van der Waals surface area (Å²) in [6.45, 7) is 0.0854. The van der Waals surface area contributed by atoms with Gasteiger partial charge < -0.3 is 19.4 Å². The first-order valence-corrected chi connectivity index (χ1v) is 10.5. The summed E-state index contributed by atoms with van der Waals surface area (Å²) in [4.78, 5) is 39.9. The number of rotatable bonds is 6. The van der Waals surface area contributed by atoms with Crippen LogP contribution in [0.25, 0.3) is 11.1 Å². The van der Waals surface area contributed by atoms with E-state index in [1.54, 1.807) is 24.3 Å². The number of aromatic nitrogens is 1.